The molecule has 0 amide bonds. The van der Waals surface area contributed by atoms with E-state index in [1.807, 2.05) is 13.0 Å². The van der Waals surface area contributed by atoms with Gasteiger partial charge in [-0.05, 0) is 30.9 Å². The second-order valence-electron chi connectivity index (χ2n) is 4.62. The molecule has 0 aromatic carbocycles. The standard InChI is InChI=1S/C14H18O2/c1-4-5-6-12-14-10(8-16-12)7-11(15)13(14)9(2)3/h4,10,12H,1-2,5-8H2,3H3/t10-,12+/m0/s1. The number of hydrogen-bond donors (Lipinski definition) is 0. The highest BCUT2D eigenvalue weighted by Gasteiger charge is 2.41. The quantitative estimate of drug-likeness (QED) is 0.678. The molecule has 16 heavy (non-hydrogen) atoms. The molecule has 1 aliphatic heterocycles. The van der Waals surface area contributed by atoms with Gasteiger partial charge in [0, 0.05) is 17.9 Å². The number of Topliss-reactive ketones (excluding diaryl/α,β-unsaturated/α-hetero) is 1. The van der Waals surface area contributed by atoms with Crippen LogP contribution >= 0.6 is 0 Å². The summed E-state index contributed by atoms with van der Waals surface area (Å²) in [6.07, 6.45) is 4.48. The van der Waals surface area contributed by atoms with E-state index < -0.39 is 0 Å². The summed E-state index contributed by atoms with van der Waals surface area (Å²) in [5.74, 6) is 0.563. The Hall–Kier alpha value is -1.15. The summed E-state index contributed by atoms with van der Waals surface area (Å²) in [6, 6.07) is 0. The van der Waals surface area contributed by atoms with Crippen LogP contribution in [0.25, 0.3) is 0 Å². The summed E-state index contributed by atoms with van der Waals surface area (Å²) in [5, 5.41) is 0. The Morgan fingerprint density at radius 1 is 1.62 bits per heavy atom. The molecule has 0 N–H and O–H groups in total. The molecule has 2 atom stereocenters. The van der Waals surface area contributed by atoms with Crippen LogP contribution in [-0.2, 0) is 9.53 Å². The minimum atomic E-state index is 0.112. The summed E-state index contributed by atoms with van der Waals surface area (Å²) < 4.78 is 5.75. The van der Waals surface area contributed by atoms with Crippen molar-refractivity contribution in [3.05, 3.63) is 36.0 Å². The van der Waals surface area contributed by atoms with Crippen molar-refractivity contribution in [1.82, 2.24) is 0 Å². The maximum absolute atomic E-state index is 11.9. The van der Waals surface area contributed by atoms with Crippen molar-refractivity contribution in [2.24, 2.45) is 5.92 Å². The van der Waals surface area contributed by atoms with Gasteiger partial charge >= 0.3 is 0 Å². The molecule has 0 aromatic rings. The van der Waals surface area contributed by atoms with Crippen molar-refractivity contribution in [2.75, 3.05) is 6.61 Å². The van der Waals surface area contributed by atoms with Crippen LogP contribution in [0.4, 0.5) is 0 Å². The van der Waals surface area contributed by atoms with E-state index in [1.165, 1.54) is 5.57 Å². The highest BCUT2D eigenvalue weighted by Crippen LogP contribution is 2.41. The highest BCUT2D eigenvalue weighted by molar-refractivity contribution is 6.03. The third-order valence-corrected chi connectivity index (χ3v) is 3.34. The maximum Gasteiger partial charge on any atom is 0.163 e. The number of hydrogen-bond acceptors (Lipinski definition) is 2. The molecule has 86 valence electrons. The van der Waals surface area contributed by atoms with Crippen molar-refractivity contribution in [3.8, 4) is 0 Å². The zero-order valence-corrected chi connectivity index (χ0v) is 9.79. The molecule has 0 unspecified atom stereocenters. The van der Waals surface area contributed by atoms with Crippen LogP contribution in [0.1, 0.15) is 26.2 Å². The lowest BCUT2D eigenvalue weighted by Gasteiger charge is -2.12. The number of ether oxygens (including phenoxy) is 1. The van der Waals surface area contributed by atoms with E-state index in [0.29, 0.717) is 18.9 Å². The predicted molar refractivity (Wildman–Crippen MR) is 64.1 cm³/mol. The average Bonchev–Trinajstić information content (AvgIpc) is 2.72. The van der Waals surface area contributed by atoms with E-state index in [0.717, 1.165) is 24.0 Å². The van der Waals surface area contributed by atoms with Gasteiger partial charge in [-0.3, -0.25) is 4.79 Å². The number of rotatable bonds is 4. The van der Waals surface area contributed by atoms with E-state index in [9.17, 15) is 4.79 Å². The number of carbonyl (C=O) groups excluding carboxylic acids is 1. The van der Waals surface area contributed by atoms with Crippen molar-refractivity contribution >= 4 is 5.78 Å². The third-order valence-electron chi connectivity index (χ3n) is 3.34. The first-order valence-electron chi connectivity index (χ1n) is 5.80. The van der Waals surface area contributed by atoms with Gasteiger partial charge in [-0.15, -0.1) is 6.58 Å². The first-order valence-corrected chi connectivity index (χ1v) is 5.80. The van der Waals surface area contributed by atoms with Gasteiger partial charge in [0.1, 0.15) is 0 Å². The zero-order chi connectivity index (χ0) is 11.7. The molecule has 0 aromatic heterocycles. The molecule has 0 bridgehead atoms. The number of fused-ring (bicyclic) bond motifs is 1. The van der Waals surface area contributed by atoms with Gasteiger partial charge in [0.05, 0.1) is 12.7 Å². The monoisotopic (exact) mass is 218 g/mol. The molecular formula is C14H18O2. The van der Waals surface area contributed by atoms with Crippen LogP contribution in [0.3, 0.4) is 0 Å². The van der Waals surface area contributed by atoms with Crippen molar-refractivity contribution in [1.29, 1.82) is 0 Å². The molecule has 0 saturated carbocycles. The van der Waals surface area contributed by atoms with Gasteiger partial charge in [0.2, 0.25) is 0 Å². The largest absolute Gasteiger partial charge is 0.373 e. The average molecular weight is 218 g/mol. The fraction of sp³-hybridized carbons (Fsp3) is 0.500. The van der Waals surface area contributed by atoms with Crippen LogP contribution in [0.5, 0.6) is 0 Å². The minimum Gasteiger partial charge on any atom is -0.373 e. The molecule has 1 heterocycles. The Balaban J connectivity index is 2.28. The lowest BCUT2D eigenvalue weighted by atomic mass is 9.95. The number of carbonyl (C=O) groups is 1. The SMILES string of the molecule is C=CCC[C@H]1OC[C@@H]2CC(=O)C(C(=C)C)=C21. The van der Waals surface area contributed by atoms with Gasteiger partial charge in [-0.1, -0.05) is 12.7 Å². The van der Waals surface area contributed by atoms with Gasteiger partial charge in [-0.25, -0.2) is 0 Å². The van der Waals surface area contributed by atoms with E-state index in [2.05, 4.69) is 13.2 Å². The summed E-state index contributed by atoms with van der Waals surface area (Å²) in [6.45, 7) is 10.2. The molecule has 2 nitrogen and oxygen atoms in total. The second kappa shape index (κ2) is 4.38. The van der Waals surface area contributed by atoms with Crippen molar-refractivity contribution in [3.63, 3.8) is 0 Å². The molecule has 0 radical (unpaired) electrons. The fourth-order valence-corrected chi connectivity index (χ4v) is 2.69. The van der Waals surface area contributed by atoms with Crippen molar-refractivity contribution < 1.29 is 9.53 Å². The number of allylic oxidation sites excluding steroid dienone is 3. The van der Waals surface area contributed by atoms with Gasteiger partial charge in [0.25, 0.3) is 0 Å². The Bertz CT molecular complexity index is 376. The Morgan fingerprint density at radius 3 is 3.00 bits per heavy atom. The third kappa shape index (κ3) is 1.78. The molecule has 1 aliphatic carbocycles. The summed E-state index contributed by atoms with van der Waals surface area (Å²) in [5.41, 5.74) is 2.95. The highest BCUT2D eigenvalue weighted by atomic mass is 16.5. The van der Waals surface area contributed by atoms with Crippen LogP contribution in [-0.4, -0.2) is 18.5 Å². The number of ketones is 1. The molecule has 2 aliphatic rings. The summed E-state index contributed by atoms with van der Waals surface area (Å²) in [7, 11) is 0. The van der Waals surface area contributed by atoms with Gasteiger partial charge < -0.3 is 4.74 Å². The Labute approximate surface area is 96.7 Å². The van der Waals surface area contributed by atoms with Crippen LogP contribution in [0.15, 0.2) is 36.0 Å². The summed E-state index contributed by atoms with van der Waals surface area (Å²) in [4.78, 5) is 11.9. The predicted octanol–water partition coefficient (Wildman–Crippen LogP) is 2.81. The zero-order valence-electron chi connectivity index (χ0n) is 9.79. The van der Waals surface area contributed by atoms with Crippen LogP contribution in [0.2, 0.25) is 0 Å². The van der Waals surface area contributed by atoms with E-state index in [1.54, 1.807) is 0 Å². The lowest BCUT2D eigenvalue weighted by Crippen LogP contribution is -2.10. The van der Waals surface area contributed by atoms with Crippen LogP contribution < -0.4 is 0 Å². The van der Waals surface area contributed by atoms with E-state index in [4.69, 9.17) is 4.74 Å². The second-order valence-corrected chi connectivity index (χ2v) is 4.62. The van der Waals surface area contributed by atoms with Gasteiger partial charge in [-0.2, -0.15) is 0 Å². The van der Waals surface area contributed by atoms with E-state index in [-0.39, 0.29) is 11.9 Å². The Kier molecular flexibility index (Phi) is 3.10. The smallest absolute Gasteiger partial charge is 0.163 e. The first kappa shape index (κ1) is 11.3. The van der Waals surface area contributed by atoms with Gasteiger partial charge in [0.15, 0.2) is 5.78 Å². The maximum atomic E-state index is 11.9. The molecule has 0 spiro atoms. The van der Waals surface area contributed by atoms with Crippen molar-refractivity contribution in [2.45, 2.75) is 32.3 Å². The molecule has 2 heteroatoms. The lowest BCUT2D eigenvalue weighted by molar-refractivity contribution is -0.115. The molecule has 1 fully saturated rings. The topological polar surface area (TPSA) is 26.3 Å². The fourth-order valence-electron chi connectivity index (χ4n) is 2.69. The minimum absolute atomic E-state index is 0.112. The molecule has 1 saturated heterocycles. The summed E-state index contributed by atoms with van der Waals surface area (Å²) >= 11 is 0. The molecular weight excluding hydrogens is 200 g/mol. The molecule has 2 rings (SSSR count). The van der Waals surface area contributed by atoms with Crippen LogP contribution in [0, 0.1) is 5.92 Å². The Morgan fingerprint density at radius 2 is 2.38 bits per heavy atom. The first-order chi connectivity index (χ1) is 7.65. The van der Waals surface area contributed by atoms with E-state index >= 15 is 0 Å². The normalized spacial score (nSPS) is 28.4.